The molecule has 94 valence electrons. The van der Waals surface area contributed by atoms with Crippen molar-refractivity contribution in [1.29, 1.82) is 0 Å². The zero-order chi connectivity index (χ0) is 13.0. The van der Waals surface area contributed by atoms with Gasteiger partial charge in [0.15, 0.2) is 6.29 Å². The molecule has 1 aromatic carbocycles. The van der Waals surface area contributed by atoms with Gasteiger partial charge in [0.1, 0.15) is 5.75 Å². The number of carbonyl (C=O) groups excluding carboxylic acids is 1. The Kier molecular flexibility index (Phi) is 3.67. The van der Waals surface area contributed by atoms with E-state index < -0.39 is 5.00 Å². The van der Waals surface area contributed by atoms with Crippen LogP contribution < -0.4 is 4.74 Å². The minimum absolute atomic E-state index is 0.523. The van der Waals surface area contributed by atoms with E-state index in [1.807, 2.05) is 24.3 Å². The fraction of sp³-hybridized carbons (Fsp3) is 0.231. The molecule has 1 aliphatic rings. The van der Waals surface area contributed by atoms with Crippen molar-refractivity contribution in [2.24, 2.45) is 4.99 Å². The lowest BCUT2D eigenvalue weighted by atomic mass is 10.1. The third-order valence-corrected chi connectivity index (χ3v) is 3.11. The van der Waals surface area contributed by atoms with Crippen LogP contribution in [0, 0.1) is 0 Å². The highest BCUT2D eigenvalue weighted by Crippen LogP contribution is 2.23. The molecule has 0 saturated heterocycles. The van der Waals surface area contributed by atoms with Crippen LogP contribution in [0.1, 0.15) is 5.56 Å². The predicted molar refractivity (Wildman–Crippen MR) is 70.8 cm³/mol. The molecular weight excluding hydrogens is 252 g/mol. The average molecular weight is 265 g/mol. The topological polar surface area (TPSA) is 41.9 Å². The molecule has 1 unspecified atom stereocenters. The molecule has 0 amide bonds. The minimum Gasteiger partial charge on any atom is -0.497 e. The molecule has 0 spiro atoms. The molecule has 1 heterocycles. The Morgan fingerprint density at radius 1 is 1.44 bits per heavy atom. The number of aldehydes is 1. The Bertz CT molecular complexity index is 484. The van der Waals surface area contributed by atoms with Crippen molar-refractivity contribution in [3.63, 3.8) is 0 Å². The van der Waals surface area contributed by atoms with Gasteiger partial charge >= 0.3 is 0 Å². The minimum atomic E-state index is -1.20. The fourth-order valence-electron chi connectivity index (χ4n) is 1.65. The molecule has 1 atom stereocenters. The molecule has 1 aliphatic heterocycles. The van der Waals surface area contributed by atoms with Gasteiger partial charge in [0.2, 0.25) is 5.00 Å². The van der Waals surface area contributed by atoms with Gasteiger partial charge in [-0.15, -0.1) is 0 Å². The van der Waals surface area contributed by atoms with Crippen LogP contribution in [0.25, 0.3) is 0 Å². The van der Waals surface area contributed by atoms with Gasteiger partial charge in [0, 0.05) is 18.9 Å². The van der Waals surface area contributed by atoms with Gasteiger partial charge in [-0.1, -0.05) is 23.7 Å². The fourth-order valence-corrected chi connectivity index (χ4v) is 1.83. The molecule has 1 aromatic rings. The van der Waals surface area contributed by atoms with Crippen molar-refractivity contribution in [2.45, 2.75) is 11.5 Å². The second kappa shape index (κ2) is 5.23. The van der Waals surface area contributed by atoms with Crippen LogP contribution in [0.3, 0.4) is 0 Å². The quantitative estimate of drug-likeness (QED) is 0.476. The smallest absolute Gasteiger partial charge is 0.206 e. The molecular formula is C13H13ClN2O2. The van der Waals surface area contributed by atoms with Crippen LogP contribution >= 0.6 is 11.6 Å². The summed E-state index contributed by atoms with van der Waals surface area (Å²) in [6.07, 6.45) is 5.40. The maximum absolute atomic E-state index is 11.1. The first-order chi connectivity index (χ1) is 8.68. The molecule has 0 N–H and O–H groups in total. The Balaban J connectivity index is 2.14. The van der Waals surface area contributed by atoms with Crippen LogP contribution in [0.4, 0.5) is 0 Å². The lowest BCUT2D eigenvalue weighted by Gasteiger charge is -2.32. The Morgan fingerprint density at radius 3 is 2.78 bits per heavy atom. The number of ether oxygens (including phenoxy) is 1. The molecule has 5 heteroatoms. The number of alkyl halides is 1. The Labute approximate surface area is 111 Å². The molecule has 18 heavy (non-hydrogen) atoms. The largest absolute Gasteiger partial charge is 0.497 e. The third kappa shape index (κ3) is 2.54. The van der Waals surface area contributed by atoms with E-state index in [0.29, 0.717) is 12.8 Å². The number of benzene rings is 1. The van der Waals surface area contributed by atoms with Gasteiger partial charge in [-0.2, -0.15) is 0 Å². The van der Waals surface area contributed by atoms with Gasteiger partial charge in [-0.3, -0.25) is 9.79 Å². The second-order valence-corrected chi connectivity index (χ2v) is 4.50. The predicted octanol–water partition coefficient (Wildman–Crippen LogP) is 2.19. The average Bonchev–Trinajstić information content (AvgIpc) is 2.42. The molecule has 4 nitrogen and oxygen atoms in total. The van der Waals surface area contributed by atoms with Gasteiger partial charge in [-0.05, 0) is 17.7 Å². The molecule has 2 rings (SSSR count). The maximum atomic E-state index is 11.1. The Hall–Kier alpha value is -1.81. The van der Waals surface area contributed by atoms with Gasteiger partial charge in [0.25, 0.3) is 0 Å². The number of hydrogen-bond acceptors (Lipinski definition) is 4. The van der Waals surface area contributed by atoms with E-state index in [2.05, 4.69) is 4.99 Å². The first-order valence-corrected chi connectivity index (χ1v) is 5.82. The second-order valence-electron chi connectivity index (χ2n) is 3.90. The first kappa shape index (κ1) is 12.6. The van der Waals surface area contributed by atoms with E-state index in [0.717, 1.165) is 11.3 Å². The normalized spacial score (nSPS) is 22.0. The van der Waals surface area contributed by atoms with Gasteiger partial charge < -0.3 is 9.64 Å². The zero-order valence-corrected chi connectivity index (χ0v) is 10.7. The first-order valence-electron chi connectivity index (χ1n) is 5.44. The SMILES string of the molecule is COc1ccc(CN2C=CN=CC2(Cl)C=O)cc1. The highest BCUT2D eigenvalue weighted by Gasteiger charge is 2.32. The summed E-state index contributed by atoms with van der Waals surface area (Å²) in [6.45, 7) is 0.523. The number of aliphatic imine (C=N–C) groups is 1. The third-order valence-electron chi connectivity index (χ3n) is 2.71. The number of hydrogen-bond donors (Lipinski definition) is 0. The summed E-state index contributed by atoms with van der Waals surface area (Å²) in [5, 5.41) is 0. The maximum Gasteiger partial charge on any atom is 0.206 e. The van der Waals surface area contributed by atoms with Crippen LogP contribution in [0.2, 0.25) is 0 Å². The van der Waals surface area contributed by atoms with Crippen LogP contribution in [0.15, 0.2) is 41.7 Å². The summed E-state index contributed by atoms with van der Waals surface area (Å²) in [7, 11) is 1.62. The van der Waals surface area contributed by atoms with E-state index >= 15 is 0 Å². The van der Waals surface area contributed by atoms with Crippen molar-refractivity contribution in [3.8, 4) is 5.75 Å². The molecule has 0 radical (unpaired) electrons. The van der Waals surface area contributed by atoms with E-state index in [1.165, 1.54) is 6.21 Å². The van der Waals surface area contributed by atoms with Gasteiger partial charge in [-0.25, -0.2) is 0 Å². The number of nitrogens with zero attached hydrogens (tertiary/aromatic N) is 2. The van der Waals surface area contributed by atoms with Gasteiger partial charge in [0.05, 0.1) is 13.3 Å². The standard InChI is InChI=1S/C13H13ClN2O2/c1-18-12-4-2-11(3-5-12)8-16-7-6-15-9-13(16,14)10-17/h2-7,9-10H,8H2,1H3. The summed E-state index contributed by atoms with van der Waals surface area (Å²) in [4.78, 5) is 15.5. The number of rotatable bonds is 4. The van der Waals surface area contributed by atoms with Crippen molar-refractivity contribution >= 4 is 24.1 Å². The van der Waals surface area contributed by atoms with Crippen molar-refractivity contribution in [1.82, 2.24) is 4.90 Å². The summed E-state index contributed by atoms with van der Waals surface area (Å²) >= 11 is 6.17. The van der Waals surface area contributed by atoms with Crippen molar-refractivity contribution < 1.29 is 9.53 Å². The molecule has 0 fully saturated rings. The molecule has 0 bridgehead atoms. The monoisotopic (exact) mass is 264 g/mol. The number of carbonyl (C=O) groups is 1. The summed E-state index contributed by atoms with van der Waals surface area (Å²) in [5.74, 6) is 0.794. The number of methoxy groups -OCH3 is 1. The summed E-state index contributed by atoms with van der Waals surface area (Å²) in [5.41, 5.74) is 1.03. The van der Waals surface area contributed by atoms with Crippen LogP contribution in [-0.2, 0) is 11.3 Å². The molecule has 0 aliphatic carbocycles. The highest BCUT2D eigenvalue weighted by atomic mass is 35.5. The Morgan fingerprint density at radius 2 is 2.17 bits per heavy atom. The number of halogens is 1. The zero-order valence-electron chi connectivity index (χ0n) is 9.91. The van der Waals surface area contributed by atoms with E-state index in [9.17, 15) is 4.79 Å². The van der Waals surface area contributed by atoms with Crippen molar-refractivity contribution in [2.75, 3.05) is 7.11 Å². The summed E-state index contributed by atoms with van der Waals surface area (Å²) < 4.78 is 5.09. The molecule has 0 saturated carbocycles. The van der Waals surface area contributed by atoms with Crippen molar-refractivity contribution in [3.05, 3.63) is 42.2 Å². The lowest BCUT2D eigenvalue weighted by molar-refractivity contribution is -0.111. The van der Waals surface area contributed by atoms with E-state index in [-0.39, 0.29) is 0 Å². The van der Waals surface area contributed by atoms with Crippen LogP contribution in [-0.4, -0.2) is 29.5 Å². The lowest BCUT2D eigenvalue weighted by Crippen LogP contribution is -2.44. The van der Waals surface area contributed by atoms with E-state index in [1.54, 1.807) is 24.4 Å². The summed E-state index contributed by atoms with van der Waals surface area (Å²) in [6, 6.07) is 7.60. The van der Waals surface area contributed by atoms with Crippen LogP contribution in [0.5, 0.6) is 5.75 Å². The highest BCUT2D eigenvalue weighted by molar-refractivity contribution is 6.40. The molecule has 0 aromatic heterocycles. The van der Waals surface area contributed by atoms with E-state index in [4.69, 9.17) is 16.3 Å².